The van der Waals surface area contributed by atoms with Crippen LogP contribution in [-0.4, -0.2) is 33.8 Å². The highest BCUT2D eigenvalue weighted by Crippen LogP contribution is 2.12. The Morgan fingerprint density at radius 1 is 1.37 bits per heavy atom. The van der Waals surface area contributed by atoms with Gasteiger partial charge in [0.15, 0.2) is 0 Å². The van der Waals surface area contributed by atoms with Crippen LogP contribution in [0.15, 0.2) is 18.5 Å². The summed E-state index contributed by atoms with van der Waals surface area (Å²) in [6.45, 7) is 2.79. The maximum absolute atomic E-state index is 4.43. The molecule has 2 rings (SSSR count). The van der Waals surface area contributed by atoms with Crippen molar-refractivity contribution < 1.29 is 0 Å². The summed E-state index contributed by atoms with van der Waals surface area (Å²) in [5.74, 6) is 1.52. The van der Waals surface area contributed by atoms with Gasteiger partial charge in [0.2, 0.25) is 5.95 Å². The molecule has 0 fully saturated rings. The lowest BCUT2D eigenvalue weighted by molar-refractivity contribution is 0.746. The Kier molecular flexibility index (Phi) is 3.99. The summed E-state index contributed by atoms with van der Waals surface area (Å²) in [4.78, 5) is 10.6. The minimum absolute atomic E-state index is 0.636. The molecule has 0 spiro atoms. The fourth-order valence-electron chi connectivity index (χ4n) is 1.89. The summed E-state index contributed by atoms with van der Waals surface area (Å²) >= 11 is 0. The number of aryl methyl sites for hydroxylation is 2. The molecule has 0 saturated heterocycles. The maximum Gasteiger partial charge on any atom is 0.224 e. The Labute approximate surface area is 113 Å². The number of rotatable bonds is 5. The van der Waals surface area contributed by atoms with E-state index in [2.05, 4.69) is 27.3 Å². The lowest BCUT2D eigenvalue weighted by Crippen LogP contribution is -2.12. The van der Waals surface area contributed by atoms with E-state index < -0.39 is 0 Å². The molecule has 1 N–H and O–H groups in total. The Bertz CT molecular complexity index is 546. The maximum atomic E-state index is 4.43. The van der Waals surface area contributed by atoms with Gasteiger partial charge in [-0.3, -0.25) is 4.68 Å². The van der Waals surface area contributed by atoms with E-state index in [0.29, 0.717) is 12.5 Å². The fourth-order valence-corrected chi connectivity index (χ4v) is 1.89. The predicted molar refractivity (Wildman–Crippen MR) is 76.3 cm³/mol. The van der Waals surface area contributed by atoms with Crippen LogP contribution in [0.3, 0.4) is 0 Å². The SMILES string of the molecule is CCc1nn(C)cc1CNc1nccc(N(C)C)n1. The quantitative estimate of drug-likeness (QED) is 0.881. The summed E-state index contributed by atoms with van der Waals surface area (Å²) < 4.78 is 1.84. The molecule has 0 aliphatic carbocycles. The van der Waals surface area contributed by atoms with Crippen molar-refractivity contribution in [2.45, 2.75) is 19.9 Å². The highest BCUT2D eigenvalue weighted by Gasteiger charge is 2.06. The van der Waals surface area contributed by atoms with Crippen LogP contribution in [-0.2, 0) is 20.0 Å². The van der Waals surface area contributed by atoms with Crippen molar-refractivity contribution in [3.05, 3.63) is 29.7 Å². The van der Waals surface area contributed by atoms with Crippen molar-refractivity contribution in [2.75, 3.05) is 24.3 Å². The van der Waals surface area contributed by atoms with Gasteiger partial charge in [-0.2, -0.15) is 10.1 Å². The second kappa shape index (κ2) is 5.69. The third-order valence-electron chi connectivity index (χ3n) is 2.86. The molecule has 0 aliphatic heterocycles. The van der Waals surface area contributed by atoms with Gasteiger partial charge in [-0.25, -0.2) is 4.98 Å². The van der Waals surface area contributed by atoms with Gasteiger partial charge in [0.05, 0.1) is 5.69 Å². The van der Waals surface area contributed by atoms with Crippen LogP contribution in [0.4, 0.5) is 11.8 Å². The summed E-state index contributed by atoms with van der Waals surface area (Å²) in [6, 6.07) is 1.88. The average Bonchev–Trinajstić information content (AvgIpc) is 2.77. The number of nitrogens with one attached hydrogen (secondary N) is 1. The van der Waals surface area contributed by atoms with Crippen LogP contribution in [0.25, 0.3) is 0 Å². The number of hydrogen-bond acceptors (Lipinski definition) is 5. The first kappa shape index (κ1) is 13.3. The Balaban J connectivity index is 2.07. The van der Waals surface area contributed by atoms with Gasteiger partial charge in [-0.05, 0) is 12.5 Å². The van der Waals surface area contributed by atoms with Crippen molar-refractivity contribution in [1.29, 1.82) is 0 Å². The number of hydrogen-bond donors (Lipinski definition) is 1. The molecule has 0 bridgehead atoms. The second-order valence-electron chi connectivity index (χ2n) is 4.61. The fraction of sp³-hybridized carbons (Fsp3) is 0.462. The van der Waals surface area contributed by atoms with Crippen LogP contribution < -0.4 is 10.2 Å². The first-order valence-electron chi connectivity index (χ1n) is 6.35. The van der Waals surface area contributed by atoms with Crippen LogP contribution in [0.5, 0.6) is 0 Å². The summed E-state index contributed by atoms with van der Waals surface area (Å²) in [5.41, 5.74) is 2.29. The lowest BCUT2D eigenvalue weighted by Gasteiger charge is -2.12. The molecular weight excluding hydrogens is 240 g/mol. The molecule has 2 aromatic rings. The van der Waals surface area contributed by atoms with Gasteiger partial charge in [0.25, 0.3) is 0 Å². The lowest BCUT2D eigenvalue weighted by atomic mass is 10.2. The van der Waals surface area contributed by atoms with Crippen LogP contribution in [0.2, 0.25) is 0 Å². The molecule has 2 aromatic heterocycles. The van der Waals surface area contributed by atoms with Gasteiger partial charge < -0.3 is 10.2 Å². The molecule has 0 saturated carbocycles. The first-order valence-corrected chi connectivity index (χ1v) is 6.35. The zero-order chi connectivity index (χ0) is 13.8. The van der Waals surface area contributed by atoms with Crippen molar-refractivity contribution in [3.8, 4) is 0 Å². The van der Waals surface area contributed by atoms with E-state index in [4.69, 9.17) is 0 Å². The Morgan fingerprint density at radius 3 is 2.84 bits per heavy atom. The monoisotopic (exact) mass is 260 g/mol. The van der Waals surface area contributed by atoms with Gasteiger partial charge >= 0.3 is 0 Å². The smallest absolute Gasteiger partial charge is 0.224 e. The normalized spacial score (nSPS) is 10.5. The summed E-state index contributed by atoms with van der Waals surface area (Å²) in [6.07, 6.45) is 4.72. The minimum Gasteiger partial charge on any atom is -0.363 e. The van der Waals surface area contributed by atoms with E-state index in [-0.39, 0.29) is 0 Å². The van der Waals surface area contributed by atoms with E-state index in [9.17, 15) is 0 Å². The van der Waals surface area contributed by atoms with E-state index in [1.807, 2.05) is 43.0 Å². The van der Waals surface area contributed by atoms with E-state index in [1.165, 1.54) is 5.56 Å². The van der Waals surface area contributed by atoms with E-state index in [0.717, 1.165) is 17.9 Å². The zero-order valence-corrected chi connectivity index (χ0v) is 11.9. The van der Waals surface area contributed by atoms with Gasteiger partial charge in [-0.1, -0.05) is 6.92 Å². The molecule has 102 valence electrons. The minimum atomic E-state index is 0.636. The second-order valence-corrected chi connectivity index (χ2v) is 4.61. The molecule has 0 amide bonds. The third-order valence-corrected chi connectivity index (χ3v) is 2.86. The molecule has 6 nitrogen and oxygen atoms in total. The topological polar surface area (TPSA) is 58.9 Å². The molecule has 0 unspecified atom stereocenters. The number of aromatic nitrogens is 4. The van der Waals surface area contributed by atoms with Gasteiger partial charge in [0.1, 0.15) is 5.82 Å². The van der Waals surface area contributed by atoms with Crippen LogP contribution in [0.1, 0.15) is 18.2 Å². The van der Waals surface area contributed by atoms with Crippen molar-refractivity contribution in [3.63, 3.8) is 0 Å². The largest absolute Gasteiger partial charge is 0.363 e. The molecule has 6 heteroatoms. The standard InChI is InChI=1S/C13H20N6/c1-5-11-10(9-19(4)17-11)8-15-13-14-7-6-12(16-13)18(2)3/h6-7,9H,5,8H2,1-4H3,(H,14,15,16). The Hall–Kier alpha value is -2.11. The molecule has 0 aliphatic rings. The van der Waals surface area contributed by atoms with Gasteiger partial charge in [-0.15, -0.1) is 0 Å². The van der Waals surface area contributed by atoms with Crippen molar-refractivity contribution in [1.82, 2.24) is 19.7 Å². The number of nitrogens with zero attached hydrogens (tertiary/aromatic N) is 5. The Morgan fingerprint density at radius 2 is 2.16 bits per heavy atom. The van der Waals surface area contributed by atoms with E-state index in [1.54, 1.807) is 6.20 Å². The highest BCUT2D eigenvalue weighted by molar-refractivity contribution is 5.41. The molecule has 0 atom stereocenters. The molecule has 0 radical (unpaired) electrons. The average molecular weight is 260 g/mol. The summed E-state index contributed by atoms with van der Waals surface area (Å²) in [7, 11) is 5.86. The highest BCUT2D eigenvalue weighted by atomic mass is 15.3. The van der Waals surface area contributed by atoms with Crippen molar-refractivity contribution >= 4 is 11.8 Å². The summed E-state index contributed by atoms with van der Waals surface area (Å²) in [5, 5.41) is 7.66. The third kappa shape index (κ3) is 3.21. The van der Waals surface area contributed by atoms with E-state index >= 15 is 0 Å². The predicted octanol–water partition coefficient (Wildman–Crippen LogP) is 1.45. The van der Waals surface area contributed by atoms with Crippen molar-refractivity contribution in [2.24, 2.45) is 7.05 Å². The zero-order valence-electron chi connectivity index (χ0n) is 11.9. The molecule has 0 aromatic carbocycles. The number of anilines is 2. The molecule has 19 heavy (non-hydrogen) atoms. The van der Waals surface area contributed by atoms with Gasteiger partial charge in [0, 0.05) is 45.6 Å². The van der Waals surface area contributed by atoms with Crippen LogP contribution >= 0.6 is 0 Å². The van der Waals surface area contributed by atoms with Crippen LogP contribution in [0, 0.1) is 0 Å². The molecule has 2 heterocycles. The molecular formula is C13H20N6. The first-order chi connectivity index (χ1) is 9.10.